The molecule has 0 saturated carbocycles. The van der Waals surface area contributed by atoms with Gasteiger partial charge in [0, 0.05) is 32.1 Å². The zero-order valence-corrected chi connectivity index (χ0v) is 12.9. The Hall–Kier alpha value is -2.21. The van der Waals surface area contributed by atoms with E-state index in [2.05, 4.69) is 9.97 Å². The monoisotopic (exact) mass is 309 g/mol. The number of pyridine rings is 1. The highest BCUT2D eigenvalue weighted by atomic mass is 35.5. The largest absolute Gasteiger partial charge is 0.494 e. The third-order valence-electron chi connectivity index (χ3n) is 3.00. The minimum atomic E-state index is -0.541. The molecule has 112 valence electrons. The number of H-pyrrole nitrogens is 1. The molecule has 2 rings (SSSR count). The summed E-state index contributed by atoms with van der Waals surface area (Å²) in [5.41, 5.74) is 2.23. The van der Waals surface area contributed by atoms with Crippen molar-refractivity contribution in [3.63, 3.8) is 0 Å². The van der Waals surface area contributed by atoms with E-state index in [1.807, 2.05) is 6.92 Å². The first kappa shape index (κ1) is 15.2. The lowest BCUT2D eigenvalue weighted by molar-refractivity contribution is 0.172. The fourth-order valence-electron chi connectivity index (χ4n) is 1.98. The van der Waals surface area contributed by atoms with E-state index >= 15 is 0 Å². The molecule has 2 aromatic heterocycles. The van der Waals surface area contributed by atoms with Crippen molar-refractivity contribution in [1.29, 1.82) is 0 Å². The molecule has 0 spiro atoms. The Morgan fingerprint density at radius 1 is 1.33 bits per heavy atom. The number of aryl methyl sites for hydroxylation is 2. The number of nitrogens with zero attached hydrogens (tertiary/aromatic N) is 2. The van der Waals surface area contributed by atoms with Crippen molar-refractivity contribution in [2.45, 2.75) is 13.8 Å². The summed E-state index contributed by atoms with van der Waals surface area (Å²) in [6, 6.07) is 0. The van der Waals surface area contributed by atoms with E-state index in [1.54, 1.807) is 27.2 Å². The van der Waals surface area contributed by atoms with Crippen molar-refractivity contribution in [3.05, 3.63) is 28.7 Å². The molecule has 0 aromatic carbocycles. The topological polar surface area (TPSA) is 78.5 Å². The Morgan fingerprint density at radius 3 is 2.57 bits per heavy atom. The summed E-state index contributed by atoms with van der Waals surface area (Å²) in [7, 11) is 3.16. The van der Waals surface area contributed by atoms with Crippen molar-refractivity contribution in [2.75, 3.05) is 14.1 Å². The maximum atomic E-state index is 11.8. The molecule has 1 amide bonds. The van der Waals surface area contributed by atoms with E-state index in [-0.39, 0.29) is 11.6 Å². The van der Waals surface area contributed by atoms with Crippen LogP contribution >= 0.6 is 11.6 Å². The van der Waals surface area contributed by atoms with Crippen LogP contribution < -0.4 is 4.74 Å². The second-order valence-corrected chi connectivity index (χ2v) is 5.29. The maximum absolute atomic E-state index is 11.8. The summed E-state index contributed by atoms with van der Waals surface area (Å²) in [5, 5.41) is 10.5. The lowest BCUT2D eigenvalue weighted by atomic mass is 10.0. The van der Waals surface area contributed by atoms with Crippen molar-refractivity contribution >= 4 is 17.7 Å². The molecule has 2 heterocycles. The second kappa shape index (κ2) is 5.65. The number of rotatable bonds is 2. The van der Waals surface area contributed by atoms with Gasteiger partial charge in [-0.25, -0.2) is 4.79 Å². The van der Waals surface area contributed by atoms with Gasteiger partial charge in [0.15, 0.2) is 5.75 Å². The fourth-order valence-corrected chi connectivity index (χ4v) is 2.28. The van der Waals surface area contributed by atoms with E-state index in [0.29, 0.717) is 21.8 Å². The van der Waals surface area contributed by atoms with Gasteiger partial charge in [0.25, 0.3) is 0 Å². The van der Waals surface area contributed by atoms with Crippen molar-refractivity contribution in [3.8, 4) is 22.8 Å². The zero-order chi connectivity index (χ0) is 15.7. The van der Waals surface area contributed by atoms with Crippen LogP contribution in [0.2, 0.25) is 5.02 Å². The van der Waals surface area contributed by atoms with E-state index in [4.69, 9.17) is 16.3 Å². The van der Waals surface area contributed by atoms with Gasteiger partial charge in [-0.15, -0.1) is 0 Å². The van der Waals surface area contributed by atoms with Crippen LogP contribution in [0.3, 0.4) is 0 Å². The van der Waals surface area contributed by atoms with Crippen LogP contribution in [0.15, 0.2) is 12.4 Å². The third kappa shape index (κ3) is 2.80. The van der Waals surface area contributed by atoms with Crippen LogP contribution in [0.25, 0.3) is 11.1 Å². The van der Waals surface area contributed by atoms with Crippen LogP contribution in [-0.2, 0) is 0 Å². The molecule has 0 aliphatic heterocycles. The maximum Gasteiger partial charge on any atom is 0.414 e. The summed E-state index contributed by atoms with van der Waals surface area (Å²) >= 11 is 6.18. The van der Waals surface area contributed by atoms with Crippen LogP contribution in [-0.4, -0.2) is 40.2 Å². The Morgan fingerprint density at radius 2 is 2.00 bits per heavy atom. The highest BCUT2D eigenvalue weighted by Crippen LogP contribution is 2.44. The van der Waals surface area contributed by atoms with Crippen molar-refractivity contribution in [2.24, 2.45) is 0 Å². The Balaban J connectivity index is 2.62. The predicted molar refractivity (Wildman–Crippen MR) is 79.9 cm³/mol. The minimum absolute atomic E-state index is 0.106. The molecule has 0 saturated heterocycles. The number of carbonyl (C=O) groups excluding carboxylic acids is 1. The molecule has 0 radical (unpaired) electrons. The Labute approximate surface area is 127 Å². The SMILES string of the molecule is Cc1cncc(Cl)c1-c1c(O)[nH]c(C)c1OC(=O)N(C)C. The average Bonchev–Trinajstić information content (AvgIpc) is 2.65. The first-order chi connectivity index (χ1) is 9.82. The number of halogens is 1. The molecular weight excluding hydrogens is 294 g/mol. The van der Waals surface area contributed by atoms with E-state index in [0.717, 1.165) is 5.56 Å². The normalized spacial score (nSPS) is 10.5. The van der Waals surface area contributed by atoms with Gasteiger partial charge in [0.1, 0.15) is 0 Å². The molecule has 0 atom stereocenters. The number of aromatic hydroxyl groups is 1. The lowest BCUT2D eigenvalue weighted by Gasteiger charge is -2.13. The van der Waals surface area contributed by atoms with Gasteiger partial charge in [-0.3, -0.25) is 4.98 Å². The molecule has 0 bridgehead atoms. The van der Waals surface area contributed by atoms with Crippen LogP contribution in [0.5, 0.6) is 11.6 Å². The first-order valence-electron chi connectivity index (χ1n) is 6.24. The first-order valence-corrected chi connectivity index (χ1v) is 6.61. The summed E-state index contributed by atoms with van der Waals surface area (Å²) < 4.78 is 5.34. The molecule has 21 heavy (non-hydrogen) atoms. The number of aromatic amines is 1. The summed E-state index contributed by atoms with van der Waals surface area (Å²) in [6.07, 6.45) is 2.56. The number of ether oxygens (including phenoxy) is 1. The van der Waals surface area contributed by atoms with Crippen LogP contribution in [0.1, 0.15) is 11.3 Å². The van der Waals surface area contributed by atoms with Gasteiger partial charge in [0.05, 0.1) is 16.3 Å². The minimum Gasteiger partial charge on any atom is -0.494 e. The van der Waals surface area contributed by atoms with Crippen LogP contribution in [0, 0.1) is 13.8 Å². The molecule has 0 aliphatic carbocycles. The summed E-state index contributed by atoms with van der Waals surface area (Å²) in [6.45, 7) is 3.51. The summed E-state index contributed by atoms with van der Waals surface area (Å²) in [5.74, 6) is 0.146. The predicted octanol–water partition coefficient (Wildman–Crippen LogP) is 3.11. The van der Waals surface area contributed by atoms with Gasteiger partial charge in [0.2, 0.25) is 5.88 Å². The Bertz CT molecular complexity index is 675. The van der Waals surface area contributed by atoms with E-state index in [9.17, 15) is 9.90 Å². The summed E-state index contributed by atoms with van der Waals surface area (Å²) in [4.78, 5) is 19.8. The number of hydrogen-bond donors (Lipinski definition) is 2. The van der Waals surface area contributed by atoms with Crippen molar-refractivity contribution in [1.82, 2.24) is 14.9 Å². The number of nitrogens with one attached hydrogen (secondary N) is 1. The molecule has 0 fully saturated rings. The fraction of sp³-hybridized carbons (Fsp3) is 0.286. The van der Waals surface area contributed by atoms with Crippen molar-refractivity contribution < 1.29 is 14.6 Å². The van der Waals surface area contributed by atoms with Gasteiger partial charge in [-0.2, -0.15) is 0 Å². The zero-order valence-electron chi connectivity index (χ0n) is 12.2. The van der Waals surface area contributed by atoms with Gasteiger partial charge in [-0.1, -0.05) is 11.6 Å². The lowest BCUT2D eigenvalue weighted by Crippen LogP contribution is -2.25. The Kier molecular flexibility index (Phi) is 4.09. The smallest absolute Gasteiger partial charge is 0.414 e. The highest BCUT2D eigenvalue weighted by Gasteiger charge is 2.24. The quantitative estimate of drug-likeness (QED) is 0.893. The highest BCUT2D eigenvalue weighted by molar-refractivity contribution is 6.33. The molecule has 2 aromatic rings. The van der Waals surface area contributed by atoms with Crippen LogP contribution in [0.4, 0.5) is 4.79 Å². The number of carbonyl (C=O) groups is 1. The second-order valence-electron chi connectivity index (χ2n) is 4.88. The molecule has 6 nitrogen and oxygen atoms in total. The molecule has 7 heteroatoms. The molecular formula is C14H16ClN3O3. The molecule has 2 N–H and O–H groups in total. The van der Waals surface area contributed by atoms with Gasteiger partial charge >= 0.3 is 6.09 Å². The molecule has 0 aliphatic rings. The van der Waals surface area contributed by atoms with E-state index < -0.39 is 6.09 Å². The number of aromatic nitrogens is 2. The number of hydrogen-bond acceptors (Lipinski definition) is 4. The van der Waals surface area contributed by atoms with E-state index in [1.165, 1.54) is 11.1 Å². The average molecular weight is 310 g/mol. The van der Waals surface area contributed by atoms with Gasteiger partial charge < -0.3 is 19.7 Å². The van der Waals surface area contributed by atoms with Gasteiger partial charge in [-0.05, 0) is 19.4 Å². The molecule has 0 unspecified atom stereocenters. The third-order valence-corrected chi connectivity index (χ3v) is 3.29. The number of amides is 1. The standard InChI is InChI=1S/C14H16ClN3O3/c1-7-5-16-6-9(15)10(7)11-12(8(2)17-13(11)19)21-14(20)18(3)4/h5-6,17,19H,1-4H3.